The van der Waals surface area contributed by atoms with Crippen LogP contribution in [0.2, 0.25) is 0 Å². The second-order valence-corrected chi connectivity index (χ2v) is 11.9. The molecule has 7 nitrogen and oxygen atoms in total. The number of fused-ring (bicyclic) bond motifs is 1. The van der Waals surface area contributed by atoms with Gasteiger partial charge in [-0.2, -0.15) is 0 Å². The molecule has 42 heavy (non-hydrogen) atoms. The maximum atomic E-state index is 13.9. The van der Waals surface area contributed by atoms with Crippen LogP contribution in [0.25, 0.3) is 0 Å². The highest BCUT2D eigenvalue weighted by Crippen LogP contribution is 2.30. The van der Waals surface area contributed by atoms with Crippen LogP contribution in [0, 0.1) is 11.6 Å². The van der Waals surface area contributed by atoms with E-state index in [2.05, 4.69) is 23.6 Å². The Morgan fingerprint density at radius 1 is 1.02 bits per heavy atom. The molecule has 3 aromatic rings. The molecule has 0 saturated heterocycles. The number of anilines is 1. The predicted octanol–water partition coefficient (Wildman–Crippen LogP) is 3.81. The van der Waals surface area contributed by atoms with Gasteiger partial charge in [-0.1, -0.05) is 31.2 Å². The average Bonchev–Trinajstić information content (AvgIpc) is 3.38. The van der Waals surface area contributed by atoms with E-state index >= 15 is 0 Å². The molecule has 0 radical (unpaired) electrons. The molecule has 3 atom stereocenters. The Hall–Kier alpha value is -3.31. The Morgan fingerprint density at radius 2 is 1.76 bits per heavy atom. The summed E-state index contributed by atoms with van der Waals surface area (Å²) in [6.07, 6.45) is 1.94. The lowest BCUT2D eigenvalue weighted by Crippen LogP contribution is -2.48. The van der Waals surface area contributed by atoms with E-state index < -0.39 is 40.9 Å². The first-order valence-corrected chi connectivity index (χ1v) is 15.7. The van der Waals surface area contributed by atoms with Gasteiger partial charge in [-0.25, -0.2) is 8.78 Å². The first-order valence-electron chi connectivity index (χ1n) is 14.1. The van der Waals surface area contributed by atoms with Crippen molar-refractivity contribution in [2.24, 2.45) is 0 Å². The lowest BCUT2D eigenvalue weighted by Gasteiger charge is -2.25. The van der Waals surface area contributed by atoms with Gasteiger partial charge in [0.2, 0.25) is 11.8 Å². The smallest absolute Gasteiger partial charge is 0.227 e. The Morgan fingerprint density at radius 3 is 2.48 bits per heavy atom. The van der Waals surface area contributed by atoms with Gasteiger partial charge >= 0.3 is 0 Å². The normalized spacial score (nSPS) is 14.8. The molecule has 1 heterocycles. The summed E-state index contributed by atoms with van der Waals surface area (Å²) in [6, 6.07) is 15.7. The molecular formula is C32H37F2N3O4S. The number of aryl methyl sites for hydroxylation is 1. The van der Waals surface area contributed by atoms with Crippen molar-refractivity contribution in [3.05, 3.63) is 94.6 Å². The van der Waals surface area contributed by atoms with E-state index in [4.69, 9.17) is 0 Å². The molecule has 0 saturated carbocycles. The maximum absolute atomic E-state index is 13.9. The van der Waals surface area contributed by atoms with Crippen molar-refractivity contribution in [1.29, 1.82) is 0 Å². The number of hydrogen-bond donors (Lipinski definition) is 3. The van der Waals surface area contributed by atoms with Gasteiger partial charge in [-0.3, -0.25) is 9.59 Å². The van der Waals surface area contributed by atoms with Gasteiger partial charge in [0.05, 0.1) is 12.1 Å². The largest absolute Gasteiger partial charge is 0.612 e. The number of aliphatic hydroxyl groups excluding tert-OH is 1. The Bertz CT molecular complexity index is 1380. The standard InChI is InChI=1S/C32H37F2N3O4S/c1-3-21-5-4-6-22(13-21)19-35-20-30(38)28(16-23-14-25(33)18-26(34)15-23)36-31(39)9-10-32(40)37-12-11-24-17-27(42(2)41)7-8-29(24)37/h4-8,13-15,17-18,28,30,35,38H,3,9-12,16,19-20H2,1-2H3,(H,36,39)/t28-,30+,42?/m1/s1. The summed E-state index contributed by atoms with van der Waals surface area (Å²) in [4.78, 5) is 28.3. The quantitative estimate of drug-likeness (QED) is 0.260. The zero-order valence-corrected chi connectivity index (χ0v) is 24.7. The van der Waals surface area contributed by atoms with E-state index in [1.54, 1.807) is 23.3 Å². The van der Waals surface area contributed by atoms with Crippen LogP contribution in [0.15, 0.2) is 65.6 Å². The predicted molar refractivity (Wildman–Crippen MR) is 160 cm³/mol. The Kier molecular flexibility index (Phi) is 11.1. The Labute approximate surface area is 248 Å². The number of hydrogen-bond acceptors (Lipinski definition) is 5. The van der Waals surface area contributed by atoms with Gasteiger partial charge in [0, 0.05) is 44.2 Å². The highest BCUT2D eigenvalue weighted by Gasteiger charge is 2.27. The summed E-state index contributed by atoms with van der Waals surface area (Å²) in [5.74, 6) is -2.15. The van der Waals surface area contributed by atoms with Crippen molar-refractivity contribution in [3.8, 4) is 0 Å². The molecule has 3 N–H and O–H groups in total. The molecule has 0 aliphatic carbocycles. The van der Waals surface area contributed by atoms with Crippen molar-refractivity contribution in [2.45, 2.75) is 62.6 Å². The molecule has 1 aliphatic rings. The first kappa shape index (κ1) is 31.6. The number of rotatable bonds is 13. The minimum Gasteiger partial charge on any atom is -0.612 e. The fourth-order valence-corrected chi connectivity index (χ4v) is 5.75. The summed E-state index contributed by atoms with van der Waals surface area (Å²) in [7, 11) is 0. The SMILES string of the molecule is CCc1cccc(CNC[C@H](O)[C@@H](Cc2cc(F)cc(F)c2)NC(=O)CCC(=O)N2CCc3cc([S+](C)[O-])ccc32)c1. The highest BCUT2D eigenvalue weighted by molar-refractivity contribution is 7.90. The monoisotopic (exact) mass is 597 g/mol. The van der Waals surface area contributed by atoms with Gasteiger partial charge in [0.25, 0.3) is 0 Å². The number of amides is 2. The highest BCUT2D eigenvalue weighted by atomic mass is 32.2. The van der Waals surface area contributed by atoms with E-state index in [-0.39, 0.29) is 31.7 Å². The first-order chi connectivity index (χ1) is 20.1. The molecule has 224 valence electrons. The number of nitrogens with one attached hydrogen (secondary N) is 2. The number of halogens is 2. The topological polar surface area (TPSA) is 105 Å². The van der Waals surface area contributed by atoms with E-state index in [1.807, 2.05) is 24.3 Å². The second kappa shape index (κ2) is 14.7. The second-order valence-electron chi connectivity index (χ2n) is 10.6. The lowest BCUT2D eigenvalue weighted by atomic mass is 10.00. The van der Waals surface area contributed by atoms with Crippen LogP contribution in [0.4, 0.5) is 14.5 Å². The number of aliphatic hydroxyl groups is 1. The van der Waals surface area contributed by atoms with Crippen LogP contribution in [-0.4, -0.2) is 53.0 Å². The molecule has 0 spiro atoms. The summed E-state index contributed by atoms with van der Waals surface area (Å²) in [5.41, 5.74) is 4.24. The number of nitrogens with zero attached hydrogens (tertiary/aromatic N) is 1. The minimum atomic E-state index is -1.12. The lowest BCUT2D eigenvalue weighted by molar-refractivity contribution is -0.126. The molecule has 0 fully saturated rings. The van der Waals surface area contributed by atoms with Crippen molar-refractivity contribution >= 4 is 28.7 Å². The van der Waals surface area contributed by atoms with Crippen molar-refractivity contribution in [1.82, 2.24) is 10.6 Å². The molecule has 2 amide bonds. The molecule has 0 aromatic heterocycles. The van der Waals surface area contributed by atoms with E-state index in [0.717, 1.165) is 29.3 Å². The fraction of sp³-hybridized carbons (Fsp3) is 0.375. The summed E-state index contributed by atoms with van der Waals surface area (Å²) in [6.45, 7) is 3.19. The molecule has 10 heteroatoms. The average molecular weight is 598 g/mol. The van der Waals surface area contributed by atoms with Gasteiger partial charge in [0.1, 0.15) is 17.9 Å². The zero-order chi connectivity index (χ0) is 30.2. The van der Waals surface area contributed by atoms with Gasteiger partial charge < -0.3 is 25.2 Å². The molecule has 1 unspecified atom stereocenters. The molecule has 3 aromatic carbocycles. The van der Waals surface area contributed by atoms with Crippen LogP contribution >= 0.6 is 0 Å². The minimum absolute atomic E-state index is 0.00314. The van der Waals surface area contributed by atoms with Crippen LogP contribution in [0.1, 0.15) is 42.0 Å². The van der Waals surface area contributed by atoms with Gasteiger partial charge in [-0.05, 0) is 83.0 Å². The van der Waals surface area contributed by atoms with E-state index in [9.17, 15) is 28.0 Å². The summed E-state index contributed by atoms with van der Waals surface area (Å²) < 4.78 is 39.5. The van der Waals surface area contributed by atoms with Gasteiger partial charge in [-0.15, -0.1) is 0 Å². The maximum Gasteiger partial charge on any atom is 0.227 e. The van der Waals surface area contributed by atoms with Crippen LogP contribution < -0.4 is 15.5 Å². The van der Waals surface area contributed by atoms with Crippen molar-refractivity contribution in [3.63, 3.8) is 0 Å². The number of carbonyl (C=O) groups is 2. The van der Waals surface area contributed by atoms with Gasteiger partial charge in [0.15, 0.2) is 4.90 Å². The molecule has 0 bridgehead atoms. The molecule has 1 aliphatic heterocycles. The van der Waals surface area contributed by atoms with Crippen molar-refractivity contribution in [2.75, 3.05) is 24.2 Å². The van der Waals surface area contributed by atoms with E-state index in [1.165, 1.54) is 17.7 Å². The van der Waals surface area contributed by atoms with Crippen molar-refractivity contribution < 1.29 is 28.0 Å². The Balaban J connectivity index is 1.36. The fourth-order valence-electron chi connectivity index (χ4n) is 5.18. The van der Waals surface area contributed by atoms with Crippen LogP contribution in [0.5, 0.6) is 0 Å². The summed E-state index contributed by atoms with van der Waals surface area (Å²) in [5, 5.41) is 17.0. The molecular weight excluding hydrogens is 560 g/mol. The zero-order valence-electron chi connectivity index (χ0n) is 23.9. The van der Waals surface area contributed by atoms with E-state index in [0.29, 0.717) is 30.0 Å². The summed E-state index contributed by atoms with van der Waals surface area (Å²) >= 11 is -1.12. The number of carbonyl (C=O) groups excluding carboxylic acids is 2. The number of benzene rings is 3. The molecule has 4 rings (SSSR count). The third kappa shape index (κ3) is 8.61. The third-order valence-corrected chi connectivity index (χ3v) is 8.33. The van der Waals surface area contributed by atoms with Crippen LogP contribution in [0.3, 0.4) is 0 Å². The third-order valence-electron chi connectivity index (χ3n) is 7.42. The van der Waals surface area contributed by atoms with Crippen LogP contribution in [-0.2, 0) is 46.6 Å².